The summed E-state index contributed by atoms with van der Waals surface area (Å²) in [7, 11) is 0. The lowest BCUT2D eigenvalue weighted by Gasteiger charge is -2.11. The molecule has 1 aliphatic rings. The molecule has 0 bridgehead atoms. The minimum atomic E-state index is -1.24. The molecular formula is C11H17NO5. The van der Waals surface area contributed by atoms with E-state index in [1.165, 1.54) is 0 Å². The van der Waals surface area contributed by atoms with Crippen molar-refractivity contribution in [2.75, 3.05) is 6.61 Å². The van der Waals surface area contributed by atoms with Crippen molar-refractivity contribution < 1.29 is 24.4 Å². The summed E-state index contributed by atoms with van der Waals surface area (Å²) in [5, 5.41) is 21.1. The number of carbonyl (C=O) groups excluding carboxylic acids is 1. The van der Waals surface area contributed by atoms with Crippen LogP contribution in [0.3, 0.4) is 0 Å². The number of esters is 1. The highest BCUT2D eigenvalue weighted by molar-refractivity contribution is 6.36. The van der Waals surface area contributed by atoms with Gasteiger partial charge < -0.3 is 14.7 Å². The van der Waals surface area contributed by atoms with Crippen molar-refractivity contribution in [3.63, 3.8) is 0 Å². The minimum absolute atomic E-state index is 0.0487. The second-order valence-electron chi connectivity index (χ2n) is 3.57. The highest BCUT2D eigenvalue weighted by atomic mass is 16.9. The van der Waals surface area contributed by atoms with Gasteiger partial charge in [-0.1, -0.05) is 19.1 Å². The molecule has 0 unspecified atom stereocenters. The minimum Gasteiger partial charge on any atom is -0.458 e. The number of ether oxygens (including phenoxy) is 1. The van der Waals surface area contributed by atoms with E-state index < -0.39 is 18.2 Å². The number of hydrogen-bond acceptors (Lipinski definition) is 5. The topological polar surface area (TPSA) is 81.8 Å². The zero-order valence-electron chi connectivity index (χ0n) is 9.96. The van der Waals surface area contributed by atoms with E-state index in [0.717, 1.165) is 6.42 Å². The van der Waals surface area contributed by atoms with E-state index in [-0.39, 0.29) is 17.2 Å². The standard InChI is InChI=1S/C11H17NO5/c1-3-5-6-7-8-10(13)9(12(15)17-8)11(14)16-4-2/h5-6,8,10,13H,3-4,7H2,1-2H3/b6-5-/t8-,10-/m1/s1. The molecule has 0 saturated heterocycles. The van der Waals surface area contributed by atoms with Gasteiger partial charge in [0.1, 0.15) is 6.10 Å². The van der Waals surface area contributed by atoms with Crippen molar-refractivity contribution in [3.05, 3.63) is 17.4 Å². The third-order valence-electron chi connectivity index (χ3n) is 2.32. The molecule has 2 atom stereocenters. The first-order valence-corrected chi connectivity index (χ1v) is 5.62. The fraction of sp³-hybridized carbons (Fsp3) is 0.636. The Hall–Kier alpha value is -1.56. The van der Waals surface area contributed by atoms with Gasteiger partial charge in [0, 0.05) is 0 Å². The summed E-state index contributed by atoms with van der Waals surface area (Å²) in [5.41, 5.74) is -0.387. The first-order valence-electron chi connectivity index (χ1n) is 5.62. The second kappa shape index (κ2) is 6.24. The Morgan fingerprint density at radius 1 is 1.59 bits per heavy atom. The smallest absolute Gasteiger partial charge is 0.408 e. The lowest BCUT2D eigenvalue weighted by Crippen LogP contribution is -2.35. The Kier molecular flexibility index (Phi) is 4.96. The molecule has 0 aromatic carbocycles. The third-order valence-corrected chi connectivity index (χ3v) is 2.32. The molecule has 1 aliphatic heterocycles. The average Bonchev–Trinajstić information content (AvgIpc) is 2.55. The van der Waals surface area contributed by atoms with Crippen LogP contribution in [0.25, 0.3) is 0 Å². The molecule has 0 amide bonds. The van der Waals surface area contributed by atoms with Crippen LogP contribution in [0.4, 0.5) is 0 Å². The van der Waals surface area contributed by atoms with Gasteiger partial charge in [-0.2, -0.15) is 0 Å². The highest BCUT2D eigenvalue weighted by Gasteiger charge is 2.43. The molecule has 6 nitrogen and oxygen atoms in total. The fourth-order valence-corrected chi connectivity index (χ4v) is 1.49. The van der Waals surface area contributed by atoms with Crippen molar-refractivity contribution in [2.24, 2.45) is 0 Å². The van der Waals surface area contributed by atoms with Crippen molar-refractivity contribution in [3.8, 4) is 0 Å². The molecular weight excluding hydrogens is 226 g/mol. The molecule has 1 N–H and O–H groups in total. The Labute approximate surface area is 99.7 Å². The first-order chi connectivity index (χ1) is 8.11. The van der Waals surface area contributed by atoms with E-state index in [2.05, 4.69) is 4.74 Å². The van der Waals surface area contributed by atoms with Crippen molar-refractivity contribution in [1.29, 1.82) is 0 Å². The monoisotopic (exact) mass is 243 g/mol. The predicted molar refractivity (Wildman–Crippen MR) is 60.2 cm³/mol. The van der Waals surface area contributed by atoms with Crippen LogP contribution in [0.5, 0.6) is 0 Å². The summed E-state index contributed by atoms with van der Waals surface area (Å²) in [4.78, 5) is 16.3. The molecule has 1 heterocycles. The number of aliphatic hydroxyl groups excluding tert-OH is 1. The Morgan fingerprint density at radius 3 is 2.88 bits per heavy atom. The van der Waals surface area contributed by atoms with Gasteiger partial charge in [-0.25, -0.2) is 4.79 Å². The average molecular weight is 243 g/mol. The van der Waals surface area contributed by atoms with E-state index in [0.29, 0.717) is 6.42 Å². The van der Waals surface area contributed by atoms with Gasteiger partial charge in [-0.05, 0) is 19.8 Å². The van der Waals surface area contributed by atoms with Gasteiger partial charge in [-0.3, -0.25) is 5.21 Å². The summed E-state index contributed by atoms with van der Waals surface area (Å²) in [6, 6.07) is 0. The second-order valence-corrected chi connectivity index (χ2v) is 3.57. The molecule has 0 aliphatic carbocycles. The summed E-state index contributed by atoms with van der Waals surface area (Å²) < 4.78 is 4.66. The molecule has 1 rings (SSSR count). The van der Waals surface area contributed by atoms with Crippen LogP contribution >= 0.6 is 0 Å². The molecule has 0 aromatic heterocycles. The van der Waals surface area contributed by atoms with Crippen LogP contribution in [0.2, 0.25) is 0 Å². The number of rotatable bonds is 5. The maximum atomic E-state index is 11.4. The van der Waals surface area contributed by atoms with Gasteiger partial charge in [-0.15, -0.1) is 0 Å². The van der Waals surface area contributed by atoms with Crippen LogP contribution < -0.4 is 0 Å². The van der Waals surface area contributed by atoms with Crippen molar-refractivity contribution >= 4 is 11.7 Å². The molecule has 0 fully saturated rings. The van der Waals surface area contributed by atoms with Crippen LogP contribution in [-0.4, -0.2) is 40.5 Å². The Morgan fingerprint density at radius 2 is 2.29 bits per heavy atom. The maximum Gasteiger partial charge on any atom is 0.408 e. The van der Waals surface area contributed by atoms with Gasteiger partial charge in [0.15, 0.2) is 6.10 Å². The lowest BCUT2D eigenvalue weighted by molar-refractivity contribution is -0.740. The van der Waals surface area contributed by atoms with E-state index in [4.69, 9.17) is 4.84 Å². The zero-order valence-corrected chi connectivity index (χ0v) is 9.96. The van der Waals surface area contributed by atoms with Crippen molar-refractivity contribution in [1.82, 2.24) is 0 Å². The zero-order chi connectivity index (χ0) is 12.8. The number of allylic oxidation sites excluding steroid dienone is 1. The van der Waals surface area contributed by atoms with E-state index in [1.807, 2.05) is 13.0 Å². The SMILES string of the molecule is CC/C=C\C[C@H]1O[N+]([O-])=C(C(=O)OCC)[C@@H]1O. The molecule has 0 radical (unpaired) electrons. The molecule has 0 aromatic rings. The number of aliphatic hydroxyl groups is 1. The summed E-state index contributed by atoms with van der Waals surface area (Å²) in [6.07, 6.45) is 2.96. The van der Waals surface area contributed by atoms with Crippen molar-refractivity contribution in [2.45, 2.75) is 38.9 Å². The van der Waals surface area contributed by atoms with E-state index >= 15 is 0 Å². The van der Waals surface area contributed by atoms with E-state index in [9.17, 15) is 15.1 Å². The number of carbonyl (C=O) groups is 1. The molecule has 0 saturated carbocycles. The summed E-state index contributed by atoms with van der Waals surface area (Å²) in [6.45, 7) is 3.74. The molecule has 17 heavy (non-hydrogen) atoms. The first kappa shape index (κ1) is 13.5. The third kappa shape index (κ3) is 3.20. The highest BCUT2D eigenvalue weighted by Crippen LogP contribution is 2.16. The number of nitrogens with zero attached hydrogens (tertiary/aromatic N) is 1. The molecule has 0 spiro atoms. The number of hydrogen-bond donors (Lipinski definition) is 1. The predicted octanol–water partition coefficient (Wildman–Crippen LogP) is 0.532. The Bertz CT molecular complexity index is 337. The van der Waals surface area contributed by atoms with Gasteiger partial charge >= 0.3 is 11.7 Å². The molecule has 6 heteroatoms. The van der Waals surface area contributed by atoms with Crippen LogP contribution in [0, 0.1) is 5.21 Å². The Balaban J connectivity index is 2.65. The lowest BCUT2D eigenvalue weighted by atomic mass is 10.1. The van der Waals surface area contributed by atoms with Gasteiger partial charge in [0.25, 0.3) is 0 Å². The normalized spacial score (nSPS) is 24.2. The summed E-state index contributed by atoms with van der Waals surface area (Å²) in [5.74, 6) is -0.836. The maximum absolute atomic E-state index is 11.4. The van der Waals surface area contributed by atoms with Crippen LogP contribution in [0.1, 0.15) is 26.7 Å². The van der Waals surface area contributed by atoms with Crippen LogP contribution in [0.15, 0.2) is 12.2 Å². The fourth-order valence-electron chi connectivity index (χ4n) is 1.49. The van der Waals surface area contributed by atoms with Gasteiger partial charge in [0.2, 0.25) is 0 Å². The van der Waals surface area contributed by atoms with Crippen LogP contribution in [-0.2, 0) is 14.4 Å². The molecule has 96 valence electrons. The quantitative estimate of drug-likeness (QED) is 0.433. The van der Waals surface area contributed by atoms with Gasteiger partial charge in [0.05, 0.1) is 11.5 Å². The summed E-state index contributed by atoms with van der Waals surface area (Å²) >= 11 is 0. The largest absolute Gasteiger partial charge is 0.458 e. The van der Waals surface area contributed by atoms with E-state index in [1.54, 1.807) is 13.0 Å².